The molecule has 0 saturated heterocycles. The van der Waals surface area contributed by atoms with Crippen LogP contribution in [0.15, 0.2) is 103 Å². The van der Waals surface area contributed by atoms with Crippen molar-refractivity contribution >= 4 is 33.3 Å². The number of para-hydroxylation sites is 2. The maximum atomic E-state index is 13.3. The Morgan fingerprint density at radius 2 is 1.35 bits per heavy atom. The van der Waals surface area contributed by atoms with Gasteiger partial charge in [-0.3, -0.25) is 14.8 Å². The summed E-state index contributed by atoms with van der Waals surface area (Å²) in [5.41, 5.74) is 10.1. The third kappa shape index (κ3) is 7.01. The van der Waals surface area contributed by atoms with E-state index in [0.717, 1.165) is 40.2 Å². The van der Waals surface area contributed by atoms with Gasteiger partial charge in [-0.05, 0) is 54.2 Å². The molecule has 0 aliphatic rings. The molecule has 0 bridgehead atoms. The Labute approximate surface area is 219 Å². The lowest BCUT2D eigenvalue weighted by atomic mass is 9.72. The average Bonchev–Trinajstić information content (AvgIpc) is 2.89. The number of pyridine rings is 2. The summed E-state index contributed by atoms with van der Waals surface area (Å²) in [7, 11) is 0. The topological polar surface area (TPSA) is 68.9 Å². The van der Waals surface area contributed by atoms with E-state index in [1.165, 1.54) is 5.56 Å². The Kier molecular flexibility index (Phi) is 8.29. The van der Waals surface area contributed by atoms with Gasteiger partial charge in [0, 0.05) is 28.8 Å². The van der Waals surface area contributed by atoms with Crippen LogP contribution in [0.3, 0.4) is 0 Å². The molecular weight excluding hydrogens is 454 g/mol. The summed E-state index contributed by atoms with van der Waals surface area (Å²) in [5.74, 6) is 0.773. The fraction of sp³-hybridized carbons (Fsp3) is 0.242. The first-order chi connectivity index (χ1) is 17.8. The molecule has 188 valence electrons. The first-order valence-corrected chi connectivity index (χ1v) is 12.8. The van der Waals surface area contributed by atoms with Crippen molar-refractivity contribution in [3.8, 4) is 0 Å². The minimum Gasteiger partial charge on any atom is -0.397 e. The van der Waals surface area contributed by atoms with Crippen LogP contribution in [0.25, 0.3) is 21.8 Å². The maximum absolute atomic E-state index is 13.3. The van der Waals surface area contributed by atoms with Crippen molar-refractivity contribution in [2.45, 2.75) is 40.0 Å². The summed E-state index contributed by atoms with van der Waals surface area (Å²) >= 11 is 0. The van der Waals surface area contributed by atoms with Crippen LogP contribution in [0.5, 0.6) is 0 Å². The normalized spacial score (nSPS) is 12.6. The van der Waals surface area contributed by atoms with Crippen molar-refractivity contribution in [2.75, 3.05) is 5.73 Å². The number of nitrogens with two attached hydrogens (primary N) is 1. The van der Waals surface area contributed by atoms with Crippen LogP contribution < -0.4 is 5.73 Å². The van der Waals surface area contributed by atoms with Crippen molar-refractivity contribution in [3.05, 3.63) is 115 Å². The molecule has 37 heavy (non-hydrogen) atoms. The van der Waals surface area contributed by atoms with E-state index >= 15 is 0 Å². The number of fused-ring (bicyclic) bond motifs is 2. The summed E-state index contributed by atoms with van der Waals surface area (Å²) < 4.78 is 0. The zero-order chi connectivity index (χ0) is 26.3. The zero-order valence-electron chi connectivity index (χ0n) is 21.9. The molecule has 1 atom stereocenters. The summed E-state index contributed by atoms with van der Waals surface area (Å²) in [4.78, 5) is 21.9. The van der Waals surface area contributed by atoms with Crippen molar-refractivity contribution in [2.24, 2.45) is 11.3 Å². The monoisotopic (exact) mass is 489 g/mol. The van der Waals surface area contributed by atoms with Gasteiger partial charge in [-0.1, -0.05) is 87.5 Å². The van der Waals surface area contributed by atoms with Gasteiger partial charge in [-0.25, -0.2) is 0 Å². The van der Waals surface area contributed by atoms with Crippen molar-refractivity contribution in [1.29, 1.82) is 0 Å². The van der Waals surface area contributed by atoms with E-state index in [1.54, 1.807) is 6.20 Å². The third-order valence-corrected chi connectivity index (χ3v) is 6.59. The number of hydrogen-bond acceptors (Lipinski definition) is 4. The lowest BCUT2D eigenvalue weighted by Crippen LogP contribution is -2.33. The number of hydrogen-bond donors (Lipinski definition) is 1. The molecule has 4 heteroatoms. The van der Waals surface area contributed by atoms with Crippen LogP contribution in [-0.2, 0) is 17.6 Å². The Hall–Kier alpha value is -4.05. The van der Waals surface area contributed by atoms with Gasteiger partial charge in [-0.2, -0.15) is 0 Å². The smallest absolute Gasteiger partial charge is 0.143 e. The number of Topliss-reactive ketones (excluding diaryl/α,β-unsaturated/α-hetero) is 1. The summed E-state index contributed by atoms with van der Waals surface area (Å²) in [6.45, 7) is 6.50. The highest BCUT2D eigenvalue weighted by atomic mass is 16.1. The predicted molar refractivity (Wildman–Crippen MR) is 154 cm³/mol. The van der Waals surface area contributed by atoms with Crippen LogP contribution >= 0.6 is 0 Å². The highest BCUT2D eigenvalue weighted by Gasteiger charge is 2.33. The number of nitrogens with zero attached hydrogens (tertiary/aromatic N) is 2. The fourth-order valence-electron chi connectivity index (χ4n) is 4.93. The van der Waals surface area contributed by atoms with Gasteiger partial charge < -0.3 is 5.73 Å². The molecule has 0 saturated carbocycles. The second-order valence-corrected chi connectivity index (χ2v) is 10.4. The highest BCUT2D eigenvalue weighted by Crippen LogP contribution is 2.33. The van der Waals surface area contributed by atoms with Gasteiger partial charge in [0.2, 0.25) is 0 Å². The molecule has 0 aliphatic heterocycles. The molecule has 3 aromatic carbocycles. The van der Waals surface area contributed by atoms with Crippen LogP contribution in [-0.4, -0.2) is 15.8 Å². The molecule has 2 aromatic heterocycles. The Morgan fingerprint density at radius 1 is 0.784 bits per heavy atom. The Balaban J connectivity index is 0.000000241. The van der Waals surface area contributed by atoms with Gasteiger partial charge in [0.05, 0.1) is 22.9 Å². The standard InChI is InChI=1S/C24H27NO.C9H8N2/c1-18(2)15-24(3,16-19-9-5-4-6-10-19)23(26)14-20-13-21-11-7-8-12-22(21)25-17-20;10-8-5-7-3-1-2-4-9(7)11-6-8/h4-13,17-18H,14-16H2,1-3H3;1-6H,10H2. The minimum atomic E-state index is -0.360. The second kappa shape index (κ2) is 11.8. The van der Waals surface area contributed by atoms with Crippen molar-refractivity contribution < 1.29 is 4.79 Å². The van der Waals surface area contributed by atoms with E-state index in [0.29, 0.717) is 23.8 Å². The second-order valence-electron chi connectivity index (χ2n) is 10.4. The molecule has 2 heterocycles. The highest BCUT2D eigenvalue weighted by molar-refractivity contribution is 5.88. The number of aromatic nitrogens is 2. The van der Waals surface area contributed by atoms with Gasteiger partial charge in [-0.15, -0.1) is 0 Å². The average molecular weight is 490 g/mol. The molecule has 0 aliphatic carbocycles. The molecule has 4 nitrogen and oxygen atoms in total. The van der Waals surface area contributed by atoms with E-state index in [-0.39, 0.29) is 5.41 Å². The van der Waals surface area contributed by atoms with Crippen LogP contribution in [0.4, 0.5) is 5.69 Å². The van der Waals surface area contributed by atoms with E-state index in [1.807, 2.05) is 79.0 Å². The van der Waals surface area contributed by atoms with Gasteiger partial charge in [0.1, 0.15) is 5.78 Å². The molecule has 2 N–H and O–H groups in total. The number of carbonyl (C=O) groups is 1. The Morgan fingerprint density at radius 3 is 2.00 bits per heavy atom. The molecule has 0 spiro atoms. The number of ketones is 1. The zero-order valence-corrected chi connectivity index (χ0v) is 21.9. The molecule has 0 fully saturated rings. The molecule has 0 amide bonds. The first kappa shape index (κ1) is 26.0. The lowest BCUT2D eigenvalue weighted by molar-refractivity contribution is -0.128. The number of anilines is 1. The van der Waals surface area contributed by atoms with Crippen LogP contribution in [0.1, 0.15) is 38.3 Å². The SMILES string of the molecule is CC(C)CC(C)(Cc1ccccc1)C(=O)Cc1cnc2ccccc2c1.Nc1cnc2ccccc2c1. The largest absolute Gasteiger partial charge is 0.397 e. The van der Waals surface area contributed by atoms with Gasteiger partial charge in [0.25, 0.3) is 0 Å². The maximum Gasteiger partial charge on any atom is 0.143 e. The number of rotatable bonds is 7. The van der Waals surface area contributed by atoms with E-state index < -0.39 is 0 Å². The number of benzene rings is 3. The lowest BCUT2D eigenvalue weighted by Gasteiger charge is -2.30. The first-order valence-electron chi connectivity index (χ1n) is 12.8. The van der Waals surface area contributed by atoms with E-state index in [2.05, 4.69) is 48.9 Å². The minimum absolute atomic E-state index is 0.298. The van der Waals surface area contributed by atoms with Crippen molar-refractivity contribution in [1.82, 2.24) is 9.97 Å². The van der Waals surface area contributed by atoms with E-state index in [9.17, 15) is 4.79 Å². The van der Waals surface area contributed by atoms with Crippen LogP contribution in [0, 0.1) is 11.3 Å². The summed E-state index contributed by atoms with van der Waals surface area (Å²) in [6.07, 6.45) is 5.63. The predicted octanol–water partition coefficient (Wildman–Crippen LogP) is 7.46. The molecule has 5 rings (SSSR count). The number of carbonyl (C=O) groups excluding carboxylic acids is 1. The summed E-state index contributed by atoms with van der Waals surface area (Å²) in [6, 6.07) is 30.3. The van der Waals surface area contributed by atoms with Crippen molar-refractivity contribution in [3.63, 3.8) is 0 Å². The fourth-order valence-corrected chi connectivity index (χ4v) is 4.93. The Bertz CT molecular complexity index is 1480. The van der Waals surface area contributed by atoms with Gasteiger partial charge >= 0.3 is 0 Å². The third-order valence-electron chi connectivity index (χ3n) is 6.59. The number of nitrogen functional groups attached to an aromatic ring is 1. The quantitative estimate of drug-likeness (QED) is 0.258. The molecule has 0 radical (unpaired) electrons. The van der Waals surface area contributed by atoms with Gasteiger partial charge in [0.15, 0.2) is 0 Å². The van der Waals surface area contributed by atoms with E-state index in [4.69, 9.17) is 5.73 Å². The van der Waals surface area contributed by atoms with Crippen LogP contribution in [0.2, 0.25) is 0 Å². The summed E-state index contributed by atoms with van der Waals surface area (Å²) in [5, 5.41) is 2.18. The molecule has 5 aromatic rings. The molecular formula is C33H35N3O. The molecule has 1 unspecified atom stereocenters.